The summed E-state index contributed by atoms with van der Waals surface area (Å²) in [6, 6.07) is 4.86. The molecule has 1 aromatic carbocycles. The molecule has 1 aliphatic heterocycles. The molecule has 4 rings (SSSR count). The predicted molar refractivity (Wildman–Crippen MR) is 130 cm³/mol. The minimum atomic E-state index is -4.42. The number of aliphatic hydroxyl groups is 1. The third-order valence-electron chi connectivity index (χ3n) is 7.31. The third-order valence-corrected chi connectivity index (χ3v) is 7.31. The first-order valence-electron chi connectivity index (χ1n) is 12.3. The summed E-state index contributed by atoms with van der Waals surface area (Å²) in [5, 5.41) is 13.6. The number of hydrogen-bond acceptors (Lipinski definition) is 7. The smallest absolute Gasteiger partial charge is 0.391 e. The van der Waals surface area contributed by atoms with Crippen LogP contribution >= 0.6 is 0 Å². The zero-order valence-corrected chi connectivity index (χ0v) is 20.8. The van der Waals surface area contributed by atoms with Crippen LogP contribution in [-0.4, -0.2) is 63.2 Å². The Kier molecular flexibility index (Phi) is 7.61. The average molecular weight is 525 g/mol. The minimum absolute atomic E-state index is 0.00448. The molecule has 2 fully saturated rings. The molecule has 12 heteroatoms. The van der Waals surface area contributed by atoms with Crippen LogP contribution < -0.4 is 16.0 Å². The molecule has 1 amide bonds. The standard InChI is InChI=1S/C25H32F4N6O2/c1-24(2,23(30)37)34-10-9-16(19(36)13-34)11-31-21-20(26)22(33-14-32-21)35(18-7-8-18)12-15-3-5-17(6-4-15)25(27,28)29/h3-6,14,16,18-19,36H,7-13H2,1-2H3,(H2,30,37)(H,31,32,33). The summed E-state index contributed by atoms with van der Waals surface area (Å²) >= 11 is 0. The van der Waals surface area contributed by atoms with Gasteiger partial charge in [-0.1, -0.05) is 12.1 Å². The number of β-amino-alcohol motifs (C(OH)–C–C–N with tert-alkyl or cyclic N) is 1. The highest BCUT2D eigenvalue weighted by Crippen LogP contribution is 2.35. The van der Waals surface area contributed by atoms with Crippen molar-refractivity contribution in [2.45, 2.75) is 63.5 Å². The summed E-state index contributed by atoms with van der Waals surface area (Å²) < 4.78 is 54.2. The second kappa shape index (κ2) is 10.4. The number of nitrogens with zero attached hydrogens (tertiary/aromatic N) is 4. The molecule has 0 radical (unpaired) electrons. The van der Waals surface area contributed by atoms with E-state index in [1.807, 2.05) is 4.90 Å². The lowest BCUT2D eigenvalue weighted by Crippen LogP contribution is -2.59. The number of nitrogens with one attached hydrogen (secondary N) is 1. The molecule has 0 bridgehead atoms. The van der Waals surface area contributed by atoms with Gasteiger partial charge in [-0.2, -0.15) is 17.6 Å². The first-order valence-corrected chi connectivity index (χ1v) is 12.3. The maximum absolute atomic E-state index is 15.5. The third kappa shape index (κ3) is 6.12. The van der Waals surface area contributed by atoms with Gasteiger partial charge in [0.15, 0.2) is 11.6 Å². The van der Waals surface area contributed by atoms with E-state index in [9.17, 15) is 23.1 Å². The van der Waals surface area contributed by atoms with E-state index in [0.29, 0.717) is 18.5 Å². The lowest BCUT2D eigenvalue weighted by atomic mass is 9.89. The van der Waals surface area contributed by atoms with E-state index in [4.69, 9.17) is 5.73 Å². The molecule has 202 valence electrons. The molecule has 37 heavy (non-hydrogen) atoms. The number of aromatic nitrogens is 2. The van der Waals surface area contributed by atoms with E-state index >= 15 is 4.39 Å². The summed E-state index contributed by atoms with van der Waals surface area (Å²) in [6.45, 7) is 4.73. The van der Waals surface area contributed by atoms with Crippen LogP contribution in [0.3, 0.4) is 0 Å². The molecular formula is C25H32F4N6O2. The molecule has 2 unspecified atom stereocenters. The largest absolute Gasteiger partial charge is 0.416 e. The van der Waals surface area contributed by atoms with Gasteiger partial charge in [0.2, 0.25) is 11.7 Å². The molecule has 1 saturated heterocycles. The fourth-order valence-electron chi connectivity index (χ4n) is 4.55. The number of carbonyl (C=O) groups is 1. The summed E-state index contributed by atoms with van der Waals surface area (Å²) in [5.74, 6) is -1.23. The highest BCUT2D eigenvalue weighted by Gasteiger charge is 2.39. The molecule has 8 nitrogen and oxygen atoms in total. The van der Waals surface area contributed by atoms with E-state index in [1.165, 1.54) is 18.5 Å². The van der Waals surface area contributed by atoms with Gasteiger partial charge in [-0.15, -0.1) is 0 Å². The van der Waals surface area contributed by atoms with Gasteiger partial charge in [-0.3, -0.25) is 9.69 Å². The van der Waals surface area contributed by atoms with Crippen LogP contribution in [0.25, 0.3) is 0 Å². The fraction of sp³-hybridized carbons (Fsp3) is 0.560. The summed E-state index contributed by atoms with van der Waals surface area (Å²) in [4.78, 5) is 23.5. The van der Waals surface area contributed by atoms with Gasteiger partial charge in [0.1, 0.15) is 6.33 Å². The van der Waals surface area contributed by atoms with E-state index in [0.717, 1.165) is 25.0 Å². The zero-order valence-electron chi connectivity index (χ0n) is 20.8. The van der Waals surface area contributed by atoms with E-state index in [2.05, 4.69) is 15.3 Å². The maximum Gasteiger partial charge on any atom is 0.416 e. The number of piperidine rings is 1. The quantitative estimate of drug-likeness (QED) is 0.433. The summed E-state index contributed by atoms with van der Waals surface area (Å²) in [5.41, 5.74) is 4.48. The Morgan fingerprint density at radius 1 is 1.19 bits per heavy atom. The van der Waals surface area contributed by atoms with Crippen LogP contribution in [0.2, 0.25) is 0 Å². The summed E-state index contributed by atoms with van der Waals surface area (Å²) in [7, 11) is 0. The van der Waals surface area contributed by atoms with Gasteiger partial charge in [-0.05, 0) is 57.4 Å². The van der Waals surface area contributed by atoms with Crippen molar-refractivity contribution in [1.82, 2.24) is 14.9 Å². The molecule has 2 heterocycles. The van der Waals surface area contributed by atoms with Crippen molar-refractivity contribution in [3.63, 3.8) is 0 Å². The Balaban J connectivity index is 1.43. The molecule has 1 aliphatic carbocycles. The average Bonchev–Trinajstić information content (AvgIpc) is 3.68. The Labute approximate surface area is 212 Å². The van der Waals surface area contributed by atoms with Gasteiger partial charge in [-0.25, -0.2) is 9.97 Å². The SMILES string of the molecule is CC(C)(C(N)=O)N1CCC(CNc2ncnc(N(Cc3ccc(C(F)(F)F)cc3)C3CC3)c2F)C(O)C1. The molecule has 2 aliphatic rings. The summed E-state index contributed by atoms with van der Waals surface area (Å²) in [6.07, 6.45) is -1.68. The van der Waals surface area contributed by atoms with Crippen molar-refractivity contribution in [3.8, 4) is 0 Å². The molecule has 4 N–H and O–H groups in total. The van der Waals surface area contributed by atoms with Crippen molar-refractivity contribution in [2.75, 3.05) is 29.9 Å². The minimum Gasteiger partial charge on any atom is -0.391 e. The van der Waals surface area contributed by atoms with Crippen LogP contribution in [0.4, 0.5) is 29.2 Å². The Bertz CT molecular complexity index is 1110. The van der Waals surface area contributed by atoms with Crippen LogP contribution in [-0.2, 0) is 17.5 Å². The number of carbonyl (C=O) groups excluding carboxylic acids is 1. The number of alkyl halides is 3. The van der Waals surface area contributed by atoms with Crippen LogP contribution in [0.15, 0.2) is 30.6 Å². The Morgan fingerprint density at radius 3 is 2.43 bits per heavy atom. The van der Waals surface area contributed by atoms with E-state index in [1.54, 1.807) is 18.7 Å². The van der Waals surface area contributed by atoms with Crippen LogP contribution in [0, 0.1) is 11.7 Å². The number of benzene rings is 1. The molecule has 2 aromatic rings. The zero-order chi connectivity index (χ0) is 27.0. The highest BCUT2D eigenvalue weighted by atomic mass is 19.4. The molecule has 1 aromatic heterocycles. The Hall–Kier alpha value is -2.99. The van der Waals surface area contributed by atoms with Gasteiger partial charge in [0.25, 0.3) is 0 Å². The van der Waals surface area contributed by atoms with Gasteiger partial charge in [0.05, 0.1) is 17.2 Å². The number of aliphatic hydroxyl groups excluding tert-OH is 1. The lowest BCUT2D eigenvalue weighted by molar-refractivity contribution is -0.137. The first-order chi connectivity index (χ1) is 17.4. The second-order valence-electron chi connectivity index (χ2n) is 10.3. The number of hydrogen-bond donors (Lipinski definition) is 3. The van der Waals surface area contributed by atoms with Gasteiger partial charge < -0.3 is 21.1 Å². The van der Waals surface area contributed by atoms with Gasteiger partial charge in [0, 0.05) is 31.6 Å². The van der Waals surface area contributed by atoms with E-state index in [-0.39, 0.29) is 43.2 Å². The van der Waals surface area contributed by atoms with E-state index < -0.39 is 35.1 Å². The highest BCUT2D eigenvalue weighted by molar-refractivity contribution is 5.83. The normalized spacial score (nSPS) is 21.1. The fourth-order valence-corrected chi connectivity index (χ4v) is 4.55. The van der Waals surface area contributed by atoms with Crippen LogP contribution in [0.1, 0.15) is 44.2 Å². The van der Waals surface area contributed by atoms with Gasteiger partial charge >= 0.3 is 6.18 Å². The van der Waals surface area contributed by atoms with Crippen molar-refractivity contribution in [2.24, 2.45) is 11.7 Å². The topological polar surface area (TPSA) is 108 Å². The molecule has 2 atom stereocenters. The Morgan fingerprint density at radius 2 is 1.86 bits per heavy atom. The van der Waals surface area contributed by atoms with Crippen molar-refractivity contribution < 1.29 is 27.5 Å². The van der Waals surface area contributed by atoms with Crippen LogP contribution in [0.5, 0.6) is 0 Å². The molecule has 0 spiro atoms. The predicted octanol–water partition coefficient (Wildman–Crippen LogP) is 3.16. The molecule has 1 saturated carbocycles. The molecular weight excluding hydrogens is 492 g/mol. The number of primary amides is 1. The monoisotopic (exact) mass is 524 g/mol. The van der Waals surface area contributed by atoms with Crippen molar-refractivity contribution >= 4 is 17.5 Å². The number of rotatable bonds is 9. The maximum atomic E-state index is 15.5. The first kappa shape index (κ1) is 27.1. The second-order valence-corrected chi connectivity index (χ2v) is 10.3. The number of nitrogens with two attached hydrogens (primary N) is 1. The lowest BCUT2D eigenvalue weighted by Gasteiger charge is -2.43. The number of likely N-dealkylation sites (tertiary alicyclic amines) is 1. The number of halogens is 4. The number of anilines is 2. The van der Waals surface area contributed by atoms with Crippen molar-refractivity contribution in [3.05, 3.63) is 47.5 Å². The number of amides is 1. The van der Waals surface area contributed by atoms with Crippen molar-refractivity contribution in [1.29, 1.82) is 0 Å².